The van der Waals surface area contributed by atoms with Gasteiger partial charge in [-0.2, -0.15) is 0 Å². The predicted octanol–water partition coefficient (Wildman–Crippen LogP) is 1.97. The Balaban J connectivity index is 0.00000361. The summed E-state index contributed by atoms with van der Waals surface area (Å²) in [6.07, 6.45) is 0.959. The van der Waals surface area contributed by atoms with Crippen LogP contribution in [0.3, 0.4) is 0 Å². The van der Waals surface area contributed by atoms with Crippen molar-refractivity contribution in [2.45, 2.75) is 13.3 Å². The Bertz CT molecular complexity index is 395. The van der Waals surface area contributed by atoms with Crippen LogP contribution in [0.4, 0.5) is 0 Å². The number of hydrogen-bond donors (Lipinski definition) is 1. The molecule has 1 N–H and O–H groups in total. The molecule has 4 nitrogen and oxygen atoms in total. The van der Waals surface area contributed by atoms with Crippen molar-refractivity contribution < 1.29 is 9.53 Å². The molecule has 0 fully saturated rings. The number of benzene rings is 1. The molecule has 0 radical (unpaired) electrons. The van der Waals surface area contributed by atoms with Gasteiger partial charge in [-0.05, 0) is 37.1 Å². The van der Waals surface area contributed by atoms with Crippen LogP contribution >= 0.6 is 12.4 Å². The topological polar surface area (TPSA) is 41.6 Å². The molecule has 1 rings (SSSR count). The van der Waals surface area contributed by atoms with E-state index in [1.165, 1.54) is 5.56 Å². The van der Waals surface area contributed by atoms with Crippen molar-refractivity contribution in [3.8, 4) is 5.75 Å². The van der Waals surface area contributed by atoms with Crippen LogP contribution in [-0.2, 0) is 11.2 Å². The van der Waals surface area contributed by atoms with E-state index in [9.17, 15) is 4.79 Å². The highest BCUT2D eigenvalue weighted by molar-refractivity contribution is 5.85. The zero-order chi connectivity index (χ0) is 14.3. The zero-order valence-electron chi connectivity index (χ0n) is 12.7. The molecule has 0 aromatic heterocycles. The van der Waals surface area contributed by atoms with Gasteiger partial charge in [0.15, 0.2) is 0 Å². The number of nitrogens with one attached hydrogen (secondary N) is 1. The largest absolute Gasteiger partial charge is 0.497 e. The normalized spacial score (nSPS) is 11.4. The summed E-state index contributed by atoms with van der Waals surface area (Å²) in [5.41, 5.74) is 1.27. The van der Waals surface area contributed by atoms with Crippen LogP contribution in [0, 0.1) is 5.92 Å². The number of rotatable bonds is 7. The lowest BCUT2D eigenvalue weighted by Gasteiger charge is -2.21. The maximum Gasteiger partial charge on any atom is 0.236 e. The summed E-state index contributed by atoms with van der Waals surface area (Å²) in [6, 6.07) is 8.09. The molecule has 0 aliphatic heterocycles. The summed E-state index contributed by atoms with van der Waals surface area (Å²) in [7, 11) is 5.30. The van der Waals surface area contributed by atoms with Gasteiger partial charge in [0.2, 0.25) is 5.91 Å². The average molecular weight is 301 g/mol. The second kappa shape index (κ2) is 9.61. The first-order valence-corrected chi connectivity index (χ1v) is 6.58. The number of carbonyl (C=O) groups excluding carboxylic acids is 1. The number of carbonyl (C=O) groups is 1. The SMILES string of the molecule is CNCC(=O)N(C)CC(C)Cc1ccc(OC)cc1.Cl. The van der Waals surface area contributed by atoms with Crippen LogP contribution in [0.2, 0.25) is 0 Å². The van der Waals surface area contributed by atoms with Crippen molar-refractivity contribution in [2.75, 3.05) is 34.3 Å². The van der Waals surface area contributed by atoms with Crippen molar-refractivity contribution in [2.24, 2.45) is 5.92 Å². The number of hydrogen-bond acceptors (Lipinski definition) is 3. The molecular weight excluding hydrogens is 276 g/mol. The van der Waals surface area contributed by atoms with Gasteiger partial charge >= 0.3 is 0 Å². The van der Waals surface area contributed by atoms with Crippen molar-refractivity contribution in [3.63, 3.8) is 0 Å². The molecule has 1 aromatic rings. The van der Waals surface area contributed by atoms with E-state index in [1.54, 1.807) is 19.1 Å². The number of halogens is 1. The van der Waals surface area contributed by atoms with Crippen LogP contribution in [0.5, 0.6) is 5.75 Å². The van der Waals surface area contributed by atoms with Crippen LogP contribution in [-0.4, -0.2) is 45.1 Å². The van der Waals surface area contributed by atoms with Gasteiger partial charge in [-0.15, -0.1) is 12.4 Å². The van der Waals surface area contributed by atoms with Crippen molar-refractivity contribution in [3.05, 3.63) is 29.8 Å². The Labute approximate surface area is 127 Å². The highest BCUT2D eigenvalue weighted by Crippen LogP contribution is 2.15. The Morgan fingerprint density at radius 2 is 1.95 bits per heavy atom. The van der Waals surface area contributed by atoms with E-state index < -0.39 is 0 Å². The summed E-state index contributed by atoms with van der Waals surface area (Å²) in [5, 5.41) is 2.88. The van der Waals surface area contributed by atoms with Crippen LogP contribution in [0.15, 0.2) is 24.3 Å². The Morgan fingerprint density at radius 1 is 1.35 bits per heavy atom. The zero-order valence-corrected chi connectivity index (χ0v) is 13.5. The molecule has 1 amide bonds. The fourth-order valence-electron chi connectivity index (χ4n) is 2.08. The quantitative estimate of drug-likeness (QED) is 0.837. The first-order valence-electron chi connectivity index (χ1n) is 6.58. The van der Waals surface area contributed by atoms with Crippen molar-refractivity contribution in [1.29, 1.82) is 0 Å². The summed E-state index contributed by atoms with van der Waals surface area (Å²) in [5.74, 6) is 1.43. The molecule has 20 heavy (non-hydrogen) atoms. The van der Waals surface area contributed by atoms with Gasteiger partial charge in [0.05, 0.1) is 13.7 Å². The first kappa shape index (κ1) is 18.7. The summed E-state index contributed by atoms with van der Waals surface area (Å²) >= 11 is 0. The van der Waals surface area contributed by atoms with Gasteiger partial charge in [-0.1, -0.05) is 19.1 Å². The van der Waals surface area contributed by atoms with Gasteiger partial charge in [0, 0.05) is 13.6 Å². The van der Waals surface area contributed by atoms with Gasteiger partial charge in [0.25, 0.3) is 0 Å². The van der Waals surface area contributed by atoms with Gasteiger partial charge in [0.1, 0.15) is 5.75 Å². The molecule has 114 valence electrons. The lowest BCUT2D eigenvalue weighted by atomic mass is 10.0. The van der Waals surface area contributed by atoms with E-state index in [0.29, 0.717) is 12.5 Å². The van der Waals surface area contributed by atoms with E-state index in [2.05, 4.69) is 24.4 Å². The highest BCUT2D eigenvalue weighted by atomic mass is 35.5. The van der Waals surface area contributed by atoms with Gasteiger partial charge in [-0.3, -0.25) is 4.79 Å². The summed E-state index contributed by atoms with van der Waals surface area (Å²) < 4.78 is 5.14. The molecule has 0 saturated heterocycles. The van der Waals surface area contributed by atoms with E-state index in [0.717, 1.165) is 18.7 Å². The highest BCUT2D eigenvalue weighted by Gasteiger charge is 2.12. The van der Waals surface area contributed by atoms with Gasteiger partial charge in [-0.25, -0.2) is 0 Å². The molecule has 1 aromatic carbocycles. The molecule has 1 unspecified atom stereocenters. The maximum atomic E-state index is 11.7. The van der Waals surface area contributed by atoms with Crippen LogP contribution in [0.1, 0.15) is 12.5 Å². The third-order valence-corrected chi connectivity index (χ3v) is 3.08. The summed E-state index contributed by atoms with van der Waals surface area (Å²) in [4.78, 5) is 13.4. The van der Waals surface area contributed by atoms with E-state index in [1.807, 2.05) is 19.2 Å². The maximum absolute atomic E-state index is 11.7. The van der Waals surface area contributed by atoms with Gasteiger partial charge < -0.3 is 15.0 Å². The number of ether oxygens (including phenoxy) is 1. The smallest absolute Gasteiger partial charge is 0.236 e. The molecule has 1 atom stereocenters. The third-order valence-electron chi connectivity index (χ3n) is 3.08. The molecule has 0 bridgehead atoms. The summed E-state index contributed by atoms with van der Waals surface area (Å²) in [6.45, 7) is 3.33. The Morgan fingerprint density at radius 3 is 2.45 bits per heavy atom. The van der Waals surface area contributed by atoms with Crippen LogP contribution < -0.4 is 10.1 Å². The number of amides is 1. The van der Waals surface area contributed by atoms with Crippen molar-refractivity contribution in [1.82, 2.24) is 10.2 Å². The predicted molar refractivity (Wildman–Crippen MR) is 84.7 cm³/mol. The minimum atomic E-state index is 0. The molecule has 0 saturated carbocycles. The number of nitrogens with zero attached hydrogens (tertiary/aromatic N) is 1. The standard InChI is InChI=1S/C15H24N2O2.ClH/c1-12(11-17(3)15(18)10-16-2)9-13-5-7-14(19-4)8-6-13;/h5-8,12,16H,9-11H2,1-4H3;1H. The minimum Gasteiger partial charge on any atom is -0.497 e. The molecule has 0 aliphatic rings. The molecule has 0 spiro atoms. The second-order valence-electron chi connectivity index (χ2n) is 4.96. The lowest BCUT2D eigenvalue weighted by molar-refractivity contribution is -0.129. The monoisotopic (exact) mass is 300 g/mol. The molecule has 0 heterocycles. The second-order valence-corrected chi connectivity index (χ2v) is 4.96. The molecule has 0 aliphatic carbocycles. The van der Waals surface area contributed by atoms with E-state index in [-0.39, 0.29) is 18.3 Å². The lowest BCUT2D eigenvalue weighted by Crippen LogP contribution is -2.37. The molecule has 5 heteroatoms. The Hall–Kier alpha value is -1.26. The molecular formula is C15H25ClN2O2. The van der Waals surface area contributed by atoms with Crippen molar-refractivity contribution >= 4 is 18.3 Å². The number of likely N-dealkylation sites (N-methyl/N-ethyl adjacent to an activating group) is 2. The Kier molecular flexibility index (Phi) is 9.01. The van der Waals surface area contributed by atoms with E-state index >= 15 is 0 Å². The fraction of sp³-hybridized carbons (Fsp3) is 0.533. The third kappa shape index (κ3) is 6.26. The number of methoxy groups -OCH3 is 1. The average Bonchev–Trinajstić information content (AvgIpc) is 2.39. The fourth-order valence-corrected chi connectivity index (χ4v) is 2.08. The van der Waals surface area contributed by atoms with Crippen LogP contribution in [0.25, 0.3) is 0 Å². The minimum absolute atomic E-state index is 0. The first-order chi connectivity index (χ1) is 9.06. The van der Waals surface area contributed by atoms with E-state index in [4.69, 9.17) is 4.74 Å².